The molecule has 2 aromatic rings. The number of likely N-dealkylation sites (tertiary alicyclic amines) is 1. The second kappa shape index (κ2) is 9.29. The average Bonchev–Trinajstić information content (AvgIpc) is 3.03. The smallest absolute Gasteiger partial charge is 0.387 e. The van der Waals surface area contributed by atoms with Gasteiger partial charge in [-0.25, -0.2) is 4.68 Å². The van der Waals surface area contributed by atoms with Crippen LogP contribution in [0.5, 0.6) is 5.75 Å². The first kappa shape index (κ1) is 22.0. The van der Waals surface area contributed by atoms with Gasteiger partial charge in [0, 0.05) is 19.1 Å². The highest BCUT2D eigenvalue weighted by molar-refractivity contribution is 5.93. The van der Waals surface area contributed by atoms with Crippen molar-refractivity contribution in [3.63, 3.8) is 0 Å². The van der Waals surface area contributed by atoms with Crippen LogP contribution in [0.1, 0.15) is 35.9 Å². The third kappa shape index (κ3) is 4.77. The number of amides is 1. The molecular formula is C18H24ClF2N5O2. The van der Waals surface area contributed by atoms with Crippen molar-refractivity contribution >= 4 is 18.3 Å². The molecule has 1 fully saturated rings. The number of nitrogens with zero attached hydrogens (tertiary/aromatic N) is 4. The highest BCUT2D eigenvalue weighted by Gasteiger charge is 2.28. The highest BCUT2D eigenvalue weighted by Crippen LogP contribution is 2.23. The van der Waals surface area contributed by atoms with E-state index in [1.165, 1.54) is 16.8 Å². The van der Waals surface area contributed by atoms with Crippen LogP contribution in [0, 0.1) is 12.8 Å². The molecule has 1 aliphatic rings. The molecule has 28 heavy (non-hydrogen) atoms. The Labute approximate surface area is 168 Å². The number of carbonyl (C=O) groups is 1. The molecule has 0 saturated carbocycles. The number of halogens is 3. The number of ether oxygens (including phenoxy) is 1. The third-order valence-electron chi connectivity index (χ3n) is 4.97. The number of hydrogen-bond donors (Lipinski definition) is 1. The minimum absolute atomic E-state index is 0. The molecule has 1 aliphatic heterocycles. The van der Waals surface area contributed by atoms with E-state index >= 15 is 0 Å². The van der Waals surface area contributed by atoms with Crippen molar-refractivity contribution in [1.82, 2.24) is 19.9 Å². The van der Waals surface area contributed by atoms with Crippen LogP contribution in [0.3, 0.4) is 0 Å². The standard InChI is InChI=1S/C18H23F2N5O2.ClH/c1-11(21)13-7-9-24(10-8-13)17(26)16-12(2)25(23-22-16)14-3-5-15(6-4-14)27-18(19)20;/h3-6,11,13,18H,7-10,21H2,1-2H3;1H. The molecule has 1 saturated heterocycles. The number of rotatable bonds is 5. The van der Waals surface area contributed by atoms with Gasteiger partial charge in [0.2, 0.25) is 0 Å². The molecule has 2 heterocycles. The summed E-state index contributed by atoms with van der Waals surface area (Å²) in [6.45, 7) is 2.18. The lowest BCUT2D eigenvalue weighted by Crippen LogP contribution is -2.42. The van der Waals surface area contributed by atoms with E-state index in [4.69, 9.17) is 5.73 Å². The van der Waals surface area contributed by atoms with Crippen molar-refractivity contribution < 1.29 is 18.3 Å². The molecule has 1 aromatic carbocycles. The summed E-state index contributed by atoms with van der Waals surface area (Å²) >= 11 is 0. The first-order valence-electron chi connectivity index (χ1n) is 8.89. The average molecular weight is 416 g/mol. The number of piperidine rings is 1. The van der Waals surface area contributed by atoms with Crippen LogP contribution in [-0.2, 0) is 0 Å². The summed E-state index contributed by atoms with van der Waals surface area (Å²) in [5, 5.41) is 8.08. The van der Waals surface area contributed by atoms with Crippen molar-refractivity contribution in [1.29, 1.82) is 0 Å². The summed E-state index contributed by atoms with van der Waals surface area (Å²) in [6.07, 6.45) is 1.75. The van der Waals surface area contributed by atoms with Gasteiger partial charge in [0.1, 0.15) is 5.75 Å². The number of aromatic nitrogens is 3. The van der Waals surface area contributed by atoms with Gasteiger partial charge in [-0.15, -0.1) is 17.5 Å². The van der Waals surface area contributed by atoms with E-state index in [1.807, 2.05) is 6.92 Å². The number of carbonyl (C=O) groups excluding carboxylic acids is 1. The van der Waals surface area contributed by atoms with E-state index in [-0.39, 0.29) is 30.1 Å². The van der Waals surface area contributed by atoms with E-state index < -0.39 is 6.61 Å². The second-order valence-corrected chi connectivity index (χ2v) is 6.80. The fourth-order valence-corrected chi connectivity index (χ4v) is 3.32. The van der Waals surface area contributed by atoms with Gasteiger partial charge in [-0.3, -0.25) is 4.79 Å². The van der Waals surface area contributed by atoms with E-state index in [1.54, 1.807) is 24.0 Å². The summed E-state index contributed by atoms with van der Waals surface area (Å²) in [7, 11) is 0. The Morgan fingerprint density at radius 2 is 1.86 bits per heavy atom. The Morgan fingerprint density at radius 3 is 2.39 bits per heavy atom. The minimum atomic E-state index is -2.88. The van der Waals surface area contributed by atoms with Crippen molar-refractivity contribution in [2.24, 2.45) is 11.7 Å². The molecule has 7 nitrogen and oxygen atoms in total. The molecule has 2 N–H and O–H groups in total. The number of alkyl halides is 2. The molecular weight excluding hydrogens is 392 g/mol. The first-order chi connectivity index (χ1) is 12.9. The summed E-state index contributed by atoms with van der Waals surface area (Å²) in [5.41, 5.74) is 7.44. The maximum atomic E-state index is 12.8. The highest BCUT2D eigenvalue weighted by atomic mass is 35.5. The Bertz CT molecular complexity index is 790. The fraction of sp³-hybridized carbons (Fsp3) is 0.500. The quantitative estimate of drug-likeness (QED) is 0.811. The van der Waals surface area contributed by atoms with Gasteiger partial charge in [-0.2, -0.15) is 8.78 Å². The third-order valence-corrected chi connectivity index (χ3v) is 4.97. The molecule has 10 heteroatoms. The van der Waals surface area contributed by atoms with E-state index in [0.29, 0.717) is 36.1 Å². The maximum Gasteiger partial charge on any atom is 0.387 e. The molecule has 1 amide bonds. The number of hydrogen-bond acceptors (Lipinski definition) is 5. The molecule has 0 aliphatic carbocycles. The maximum absolute atomic E-state index is 12.8. The van der Waals surface area contributed by atoms with Crippen molar-refractivity contribution in [2.75, 3.05) is 13.1 Å². The second-order valence-electron chi connectivity index (χ2n) is 6.80. The van der Waals surface area contributed by atoms with E-state index in [0.717, 1.165) is 12.8 Å². The zero-order valence-corrected chi connectivity index (χ0v) is 16.5. The van der Waals surface area contributed by atoms with E-state index in [2.05, 4.69) is 15.0 Å². The predicted octanol–water partition coefficient (Wildman–Crippen LogP) is 2.80. The molecule has 0 spiro atoms. The fourth-order valence-electron chi connectivity index (χ4n) is 3.32. The summed E-state index contributed by atoms with van der Waals surface area (Å²) in [5.74, 6) is 0.333. The van der Waals surface area contributed by atoms with Gasteiger partial charge < -0.3 is 15.4 Å². The van der Waals surface area contributed by atoms with Crippen LogP contribution in [0.15, 0.2) is 24.3 Å². The Balaban J connectivity index is 0.00000280. The van der Waals surface area contributed by atoms with E-state index in [9.17, 15) is 13.6 Å². The van der Waals surface area contributed by atoms with Crippen LogP contribution in [0.4, 0.5) is 8.78 Å². The normalized spacial score (nSPS) is 16.0. The van der Waals surface area contributed by atoms with Gasteiger partial charge >= 0.3 is 6.61 Å². The van der Waals surface area contributed by atoms with Gasteiger partial charge in [-0.1, -0.05) is 5.21 Å². The molecule has 1 aromatic heterocycles. The van der Waals surface area contributed by atoms with Crippen LogP contribution < -0.4 is 10.5 Å². The SMILES string of the molecule is Cc1c(C(=O)N2CCC(C(C)N)CC2)nnn1-c1ccc(OC(F)F)cc1.Cl. The largest absolute Gasteiger partial charge is 0.435 e. The Morgan fingerprint density at radius 1 is 1.25 bits per heavy atom. The predicted molar refractivity (Wildman–Crippen MR) is 102 cm³/mol. The molecule has 154 valence electrons. The van der Waals surface area contributed by atoms with Gasteiger partial charge in [0.25, 0.3) is 5.91 Å². The summed E-state index contributed by atoms with van der Waals surface area (Å²) in [6, 6.07) is 6.14. The molecule has 1 atom stereocenters. The molecule has 0 bridgehead atoms. The van der Waals surface area contributed by atoms with Gasteiger partial charge in [-0.05, 0) is 56.9 Å². The zero-order valence-electron chi connectivity index (χ0n) is 15.7. The first-order valence-corrected chi connectivity index (χ1v) is 8.89. The monoisotopic (exact) mass is 415 g/mol. The molecule has 1 unspecified atom stereocenters. The topological polar surface area (TPSA) is 86.3 Å². The van der Waals surface area contributed by atoms with Crippen LogP contribution in [-0.4, -0.2) is 51.5 Å². The van der Waals surface area contributed by atoms with Crippen molar-refractivity contribution in [2.45, 2.75) is 39.3 Å². The summed E-state index contributed by atoms with van der Waals surface area (Å²) in [4.78, 5) is 14.6. The zero-order chi connectivity index (χ0) is 19.6. The lowest BCUT2D eigenvalue weighted by Gasteiger charge is -2.33. The van der Waals surface area contributed by atoms with Crippen molar-refractivity contribution in [3.8, 4) is 11.4 Å². The van der Waals surface area contributed by atoms with Crippen LogP contribution in [0.2, 0.25) is 0 Å². The lowest BCUT2D eigenvalue weighted by molar-refractivity contribution is -0.0498. The lowest BCUT2D eigenvalue weighted by atomic mass is 9.91. The van der Waals surface area contributed by atoms with Gasteiger partial charge in [0.15, 0.2) is 5.69 Å². The molecule has 0 radical (unpaired) electrons. The van der Waals surface area contributed by atoms with Crippen LogP contribution in [0.25, 0.3) is 5.69 Å². The minimum Gasteiger partial charge on any atom is -0.435 e. The summed E-state index contributed by atoms with van der Waals surface area (Å²) < 4.78 is 30.3. The van der Waals surface area contributed by atoms with Crippen LogP contribution >= 0.6 is 12.4 Å². The Hall–Kier alpha value is -2.26. The van der Waals surface area contributed by atoms with Crippen molar-refractivity contribution in [3.05, 3.63) is 35.7 Å². The molecule has 3 rings (SSSR count). The van der Waals surface area contributed by atoms with Gasteiger partial charge in [0.05, 0.1) is 11.4 Å². The Kier molecular flexibility index (Phi) is 7.31. The number of nitrogens with two attached hydrogens (primary N) is 1. The number of benzene rings is 1.